The van der Waals surface area contributed by atoms with E-state index in [1.807, 2.05) is 13.0 Å². The number of rotatable bonds is 4. The predicted molar refractivity (Wildman–Crippen MR) is 90.4 cm³/mol. The van der Waals surface area contributed by atoms with E-state index in [-0.39, 0.29) is 5.82 Å². The van der Waals surface area contributed by atoms with Crippen molar-refractivity contribution >= 4 is 15.9 Å². The van der Waals surface area contributed by atoms with Crippen LogP contribution in [0.3, 0.4) is 0 Å². The smallest absolute Gasteiger partial charge is 0.271 e. The van der Waals surface area contributed by atoms with Crippen LogP contribution >= 0.6 is 0 Å². The molecule has 3 aromatic rings. The van der Waals surface area contributed by atoms with Gasteiger partial charge in [-0.25, -0.2) is 14.2 Å². The summed E-state index contributed by atoms with van der Waals surface area (Å²) in [6, 6.07) is 14.6. The van der Waals surface area contributed by atoms with Crippen LogP contribution in [0.25, 0.3) is 16.9 Å². The molecule has 0 amide bonds. The summed E-state index contributed by atoms with van der Waals surface area (Å²) < 4.78 is 39.1. The maximum absolute atomic E-state index is 13.1. The van der Waals surface area contributed by atoms with Gasteiger partial charge in [0.15, 0.2) is 0 Å². The van der Waals surface area contributed by atoms with Crippen molar-refractivity contribution in [3.05, 3.63) is 66.1 Å². The number of aryl methyl sites for hydroxylation is 1. The van der Waals surface area contributed by atoms with Crippen LogP contribution in [0, 0.1) is 12.7 Å². The molecule has 0 atom stereocenters. The summed E-state index contributed by atoms with van der Waals surface area (Å²) >= 11 is 0. The number of hydrogen-bond acceptors (Lipinski definition) is 3. The Labute approximate surface area is 138 Å². The Hall–Kier alpha value is -2.71. The molecule has 0 fully saturated rings. The van der Waals surface area contributed by atoms with Gasteiger partial charge in [-0.3, -0.25) is 4.72 Å². The molecule has 6 nitrogen and oxygen atoms in total. The average molecular weight is 346 g/mol. The molecular weight excluding hydrogens is 331 g/mol. The van der Waals surface area contributed by atoms with Gasteiger partial charge in [-0.15, -0.1) is 0 Å². The molecule has 1 aromatic heterocycles. The molecule has 1 heterocycles. The highest BCUT2D eigenvalue weighted by molar-refractivity contribution is 7.90. The SMILES string of the molecule is Cc1cc(-c2ccc(F)cc2)n(-c2ccc(NS(N)(=O)=O)cc2)n1. The second kappa shape index (κ2) is 6.06. The zero-order chi connectivity index (χ0) is 17.3. The molecule has 8 heteroatoms. The fourth-order valence-electron chi connectivity index (χ4n) is 2.36. The molecule has 3 rings (SSSR count). The van der Waals surface area contributed by atoms with Crippen molar-refractivity contribution in [3.63, 3.8) is 0 Å². The second-order valence-corrected chi connectivity index (χ2v) is 6.58. The largest absolute Gasteiger partial charge is 0.296 e. The highest BCUT2D eigenvalue weighted by atomic mass is 32.2. The fraction of sp³-hybridized carbons (Fsp3) is 0.0625. The van der Waals surface area contributed by atoms with E-state index in [4.69, 9.17) is 5.14 Å². The third kappa shape index (κ3) is 3.61. The maximum atomic E-state index is 13.1. The molecule has 0 aliphatic carbocycles. The molecule has 0 spiro atoms. The summed E-state index contributed by atoms with van der Waals surface area (Å²) in [6.07, 6.45) is 0. The summed E-state index contributed by atoms with van der Waals surface area (Å²) in [5.41, 5.74) is 3.53. The first-order chi connectivity index (χ1) is 11.3. The van der Waals surface area contributed by atoms with Gasteiger partial charge in [-0.05, 0) is 61.5 Å². The van der Waals surface area contributed by atoms with E-state index < -0.39 is 10.2 Å². The van der Waals surface area contributed by atoms with E-state index in [0.29, 0.717) is 5.69 Å². The van der Waals surface area contributed by atoms with Gasteiger partial charge in [-0.1, -0.05) is 0 Å². The van der Waals surface area contributed by atoms with Gasteiger partial charge in [0, 0.05) is 11.3 Å². The Morgan fingerprint density at radius 3 is 2.29 bits per heavy atom. The van der Waals surface area contributed by atoms with E-state index >= 15 is 0 Å². The molecule has 0 bridgehead atoms. The number of nitrogens with zero attached hydrogens (tertiary/aromatic N) is 2. The number of nitrogens with one attached hydrogen (secondary N) is 1. The Kier molecular flexibility index (Phi) is 4.08. The molecular formula is C16H15FN4O2S. The van der Waals surface area contributed by atoms with Gasteiger partial charge in [0.1, 0.15) is 5.82 Å². The van der Waals surface area contributed by atoms with Crippen LogP contribution in [-0.2, 0) is 10.2 Å². The van der Waals surface area contributed by atoms with Gasteiger partial charge in [-0.2, -0.15) is 13.5 Å². The Morgan fingerprint density at radius 1 is 1.08 bits per heavy atom. The first kappa shape index (κ1) is 16.2. The number of anilines is 1. The molecule has 124 valence electrons. The highest BCUT2D eigenvalue weighted by Gasteiger charge is 2.10. The van der Waals surface area contributed by atoms with Crippen molar-refractivity contribution in [1.29, 1.82) is 0 Å². The monoisotopic (exact) mass is 346 g/mol. The molecule has 0 aliphatic rings. The van der Waals surface area contributed by atoms with Crippen molar-refractivity contribution in [2.24, 2.45) is 5.14 Å². The van der Waals surface area contributed by atoms with E-state index in [1.165, 1.54) is 12.1 Å². The van der Waals surface area contributed by atoms with E-state index in [1.54, 1.807) is 41.1 Å². The second-order valence-electron chi connectivity index (χ2n) is 5.28. The molecule has 0 saturated carbocycles. The van der Waals surface area contributed by atoms with Crippen LogP contribution in [0.15, 0.2) is 54.6 Å². The van der Waals surface area contributed by atoms with Crippen LogP contribution < -0.4 is 9.86 Å². The first-order valence-electron chi connectivity index (χ1n) is 7.05. The summed E-state index contributed by atoms with van der Waals surface area (Å²) in [4.78, 5) is 0. The lowest BCUT2D eigenvalue weighted by Gasteiger charge is -2.09. The van der Waals surface area contributed by atoms with E-state index in [2.05, 4.69) is 9.82 Å². The maximum Gasteiger partial charge on any atom is 0.296 e. The van der Waals surface area contributed by atoms with Crippen LogP contribution in [0.1, 0.15) is 5.69 Å². The fourth-order valence-corrected chi connectivity index (χ4v) is 2.82. The van der Waals surface area contributed by atoms with Crippen molar-refractivity contribution in [2.75, 3.05) is 4.72 Å². The molecule has 24 heavy (non-hydrogen) atoms. The minimum absolute atomic E-state index is 0.306. The van der Waals surface area contributed by atoms with Gasteiger partial charge in [0.25, 0.3) is 10.2 Å². The van der Waals surface area contributed by atoms with Crippen molar-refractivity contribution < 1.29 is 12.8 Å². The first-order valence-corrected chi connectivity index (χ1v) is 8.60. The lowest BCUT2D eigenvalue weighted by atomic mass is 10.1. The van der Waals surface area contributed by atoms with Gasteiger partial charge in [0.2, 0.25) is 0 Å². The Bertz CT molecular complexity index is 964. The van der Waals surface area contributed by atoms with Gasteiger partial charge >= 0.3 is 0 Å². The third-order valence-electron chi connectivity index (χ3n) is 3.34. The van der Waals surface area contributed by atoms with Crippen LogP contribution in [0.5, 0.6) is 0 Å². The minimum atomic E-state index is -3.81. The van der Waals surface area contributed by atoms with E-state index in [0.717, 1.165) is 22.6 Å². The Morgan fingerprint density at radius 2 is 1.71 bits per heavy atom. The van der Waals surface area contributed by atoms with Crippen molar-refractivity contribution in [3.8, 4) is 16.9 Å². The lowest BCUT2D eigenvalue weighted by molar-refractivity contribution is 0.603. The predicted octanol–water partition coefficient (Wildman–Crippen LogP) is 2.60. The topological polar surface area (TPSA) is 90.0 Å². The molecule has 0 unspecified atom stereocenters. The zero-order valence-electron chi connectivity index (χ0n) is 12.8. The van der Waals surface area contributed by atoms with Crippen molar-refractivity contribution in [1.82, 2.24) is 9.78 Å². The lowest BCUT2D eigenvalue weighted by Crippen LogP contribution is -2.21. The average Bonchev–Trinajstić information content (AvgIpc) is 2.89. The van der Waals surface area contributed by atoms with Crippen LogP contribution in [-0.4, -0.2) is 18.2 Å². The number of aromatic nitrogens is 2. The summed E-state index contributed by atoms with van der Waals surface area (Å²) in [6.45, 7) is 1.86. The normalized spacial score (nSPS) is 11.5. The number of nitrogens with two attached hydrogens (primary N) is 1. The summed E-state index contributed by atoms with van der Waals surface area (Å²) in [5.74, 6) is -0.306. The standard InChI is InChI=1S/C16H15FN4O2S/c1-11-10-16(12-2-4-13(17)5-3-12)21(19-11)15-8-6-14(7-9-15)20-24(18,22)23/h2-10,20H,1H3,(H2,18,22,23). The Balaban J connectivity index is 1.99. The third-order valence-corrected chi connectivity index (χ3v) is 3.86. The van der Waals surface area contributed by atoms with Crippen LogP contribution in [0.2, 0.25) is 0 Å². The van der Waals surface area contributed by atoms with Crippen molar-refractivity contribution in [2.45, 2.75) is 6.92 Å². The number of benzene rings is 2. The van der Waals surface area contributed by atoms with Gasteiger partial charge < -0.3 is 0 Å². The molecule has 0 aliphatic heterocycles. The quantitative estimate of drug-likeness (QED) is 0.761. The summed E-state index contributed by atoms with van der Waals surface area (Å²) in [7, 11) is -3.81. The molecule has 3 N–H and O–H groups in total. The molecule has 0 saturated heterocycles. The minimum Gasteiger partial charge on any atom is -0.271 e. The number of halogens is 1. The van der Waals surface area contributed by atoms with Gasteiger partial charge in [0.05, 0.1) is 17.1 Å². The van der Waals surface area contributed by atoms with Crippen LogP contribution in [0.4, 0.5) is 10.1 Å². The number of hydrogen-bond donors (Lipinski definition) is 2. The molecule has 2 aromatic carbocycles. The molecule has 0 radical (unpaired) electrons. The highest BCUT2D eigenvalue weighted by Crippen LogP contribution is 2.25. The van der Waals surface area contributed by atoms with E-state index in [9.17, 15) is 12.8 Å². The summed E-state index contributed by atoms with van der Waals surface area (Å²) in [5, 5.41) is 9.39. The zero-order valence-corrected chi connectivity index (χ0v) is 13.6.